The third-order valence-corrected chi connectivity index (χ3v) is 4.68. The molecule has 0 spiro atoms. The largest absolute Gasteiger partial charge is 0.464 e. The van der Waals surface area contributed by atoms with Gasteiger partial charge in [0.2, 0.25) is 5.91 Å². The second kappa shape index (κ2) is 8.37. The molecule has 2 rings (SSSR count). The van der Waals surface area contributed by atoms with Crippen molar-refractivity contribution >= 4 is 25.9 Å². The Morgan fingerprint density at radius 2 is 1.83 bits per heavy atom. The van der Waals surface area contributed by atoms with Crippen molar-refractivity contribution in [3.63, 3.8) is 0 Å². The second-order valence-electron chi connectivity index (χ2n) is 6.32. The lowest BCUT2D eigenvalue weighted by molar-refractivity contribution is -0.157. The number of ether oxygens (including phenoxy) is 1. The van der Waals surface area contributed by atoms with Crippen molar-refractivity contribution < 1.29 is 19.1 Å². The van der Waals surface area contributed by atoms with Crippen molar-refractivity contribution in [1.82, 2.24) is 14.6 Å². The quantitative estimate of drug-likeness (QED) is 0.542. The average molecular weight is 336 g/mol. The zero-order valence-electron chi connectivity index (χ0n) is 14.1. The minimum atomic E-state index is -0.651. The van der Waals surface area contributed by atoms with Gasteiger partial charge in [0.15, 0.2) is 7.98 Å². The van der Waals surface area contributed by atoms with Gasteiger partial charge in [-0.25, -0.2) is 9.59 Å². The van der Waals surface area contributed by atoms with E-state index >= 15 is 0 Å². The number of carbonyl (C=O) groups is 3. The summed E-state index contributed by atoms with van der Waals surface area (Å²) in [6, 6.07) is -1.07. The van der Waals surface area contributed by atoms with Gasteiger partial charge in [0, 0.05) is 39.1 Å². The molecule has 24 heavy (non-hydrogen) atoms. The summed E-state index contributed by atoms with van der Waals surface area (Å²) in [5.74, 6) is -0.268. The number of esters is 1. The molecule has 0 aromatic heterocycles. The Morgan fingerprint density at radius 1 is 1.17 bits per heavy atom. The SMILES string of the molecule is [B]N1CCN(C(=O)CC2CCN(C(N)=O)CC2)[C@@H](C(=O)OCC)C1. The number of urea groups is 1. The molecule has 8 nitrogen and oxygen atoms in total. The molecule has 2 fully saturated rings. The van der Waals surface area contributed by atoms with Crippen LogP contribution >= 0.6 is 0 Å². The second-order valence-corrected chi connectivity index (χ2v) is 6.32. The fraction of sp³-hybridized carbons (Fsp3) is 0.800. The van der Waals surface area contributed by atoms with Gasteiger partial charge < -0.3 is 25.1 Å². The average Bonchev–Trinajstić information content (AvgIpc) is 2.55. The lowest BCUT2D eigenvalue weighted by Crippen LogP contribution is -2.58. The molecule has 2 N–H and O–H groups in total. The summed E-state index contributed by atoms with van der Waals surface area (Å²) in [7, 11) is 5.79. The lowest BCUT2D eigenvalue weighted by atomic mass is 9.92. The Balaban J connectivity index is 1.92. The maximum absolute atomic E-state index is 12.7. The number of carbonyl (C=O) groups excluding carboxylic acids is 3. The topological polar surface area (TPSA) is 96.2 Å². The first kappa shape index (κ1) is 18.6. The Kier molecular flexibility index (Phi) is 6.48. The highest BCUT2D eigenvalue weighted by atomic mass is 16.5. The van der Waals surface area contributed by atoms with Crippen molar-refractivity contribution in [3.8, 4) is 0 Å². The Morgan fingerprint density at radius 3 is 2.42 bits per heavy atom. The lowest BCUT2D eigenvalue weighted by Gasteiger charge is -2.40. The van der Waals surface area contributed by atoms with Crippen LogP contribution in [-0.4, -0.2) is 85.9 Å². The molecule has 3 amide bonds. The van der Waals surface area contributed by atoms with Crippen molar-refractivity contribution in [2.45, 2.75) is 32.2 Å². The van der Waals surface area contributed by atoms with Crippen LogP contribution in [0.4, 0.5) is 4.79 Å². The highest BCUT2D eigenvalue weighted by molar-refractivity contribution is 6.04. The van der Waals surface area contributed by atoms with Crippen LogP contribution in [0.25, 0.3) is 0 Å². The van der Waals surface area contributed by atoms with E-state index in [9.17, 15) is 14.4 Å². The molecule has 1 atom stereocenters. The molecule has 0 unspecified atom stereocenters. The van der Waals surface area contributed by atoms with Crippen LogP contribution in [0.2, 0.25) is 0 Å². The van der Waals surface area contributed by atoms with Crippen LogP contribution in [0.5, 0.6) is 0 Å². The highest BCUT2D eigenvalue weighted by Crippen LogP contribution is 2.23. The summed E-state index contributed by atoms with van der Waals surface area (Å²) < 4.78 is 5.07. The summed E-state index contributed by atoms with van der Waals surface area (Å²) >= 11 is 0. The number of hydrogen-bond donors (Lipinski definition) is 1. The van der Waals surface area contributed by atoms with E-state index in [0.29, 0.717) is 32.6 Å². The van der Waals surface area contributed by atoms with Crippen molar-refractivity contribution in [2.24, 2.45) is 11.7 Å². The molecule has 132 valence electrons. The first-order chi connectivity index (χ1) is 11.4. The van der Waals surface area contributed by atoms with E-state index < -0.39 is 18.0 Å². The minimum absolute atomic E-state index is 0.0568. The van der Waals surface area contributed by atoms with Gasteiger partial charge in [0.25, 0.3) is 0 Å². The van der Waals surface area contributed by atoms with Crippen LogP contribution in [0, 0.1) is 5.92 Å². The number of piperazine rings is 1. The van der Waals surface area contributed by atoms with E-state index in [1.165, 1.54) is 4.81 Å². The monoisotopic (exact) mass is 336 g/mol. The normalized spacial score (nSPS) is 23.1. The highest BCUT2D eigenvalue weighted by Gasteiger charge is 2.36. The van der Waals surface area contributed by atoms with Crippen molar-refractivity contribution in [1.29, 1.82) is 0 Å². The molecular formula is C15H25BN4O4. The molecule has 9 heteroatoms. The number of rotatable bonds is 4. The summed E-state index contributed by atoms with van der Waals surface area (Å²) in [5.41, 5.74) is 5.27. The molecule has 0 aromatic rings. The first-order valence-electron chi connectivity index (χ1n) is 8.42. The van der Waals surface area contributed by atoms with E-state index in [-0.39, 0.29) is 25.0 Å². The van der Waals surface area contributed by atoms with E-state index in [4.69, 9.17) is 18.5 Å². The van der Waals surface area contributed by atoms with Crippen LogP contribution < -0.4 is 5.73 Å². The van der Waals surface area contributed by atoms with E-state index in [1.54, 1.807) is 16.7 Å². The van der Waals surface area contributed by atoms with Crippen LogP contribution in [0.3, 0.4) is 0 Å². The predicted molar refractivity (Wildman–Crippen MR) is 88.0 cm³/mol. The Labute approximate surface area is 143 Å². The van der Waals surface area contributed by atoms with E-state index in [2.05, 4.69) is 0 Å². The van der Waals surface area contributed by atoms with Gasteiger partial charge in [0.05, 0.1) is 6.61 Å². The van der Waals surface area contributed by atoms with E-state index in [0.717, 1.165) is 12.8 Å². The fourth-order valence-corrected chi connectivity index (χ4v) is 3.26. The van der Waals surface area contributed by atoms with Gasteiger partial charge in [-0.1, -0.05) is 0 Å². The zero-order chi connectivity index (χ0) is 17.7. The van der Waals surface area contributed by atoms with Gasteiger partial charge >= 0.3 is 12.0 Å². The summed E-state index contributed by atoms with van der Waals surface area (Å²) in [5, 5.41) is 0. The maximum Gasteiger partial charge on any atom is 0.330 e. The number of amides is 3. The Hall–Kier alpha value is -1.77. The molecule has 0 aliphatic carbocycles. The molecule has 0 bridgehead atoms. The van der Waals surface area contributed by atoms with Crippen molar-refractivity contribution in [3.05, 3.63) is 0 Å². The number of piperidine rings is 1. The number of nitrogens with zero attached hydrogens (tertiary/aromatic N) is 3. The molecule has 2 radical (unpaired) electrons. The number of primary amides is 1. The predicted octanol–water partition coefficient (Wildman–Crippen LogP) is -0.673. The van der Waals surface area contributed by atoms with Crippen LogP contribution in [0.15, 0.2) is 0 Å². The number of likely N-dealkylation sites (tertiary alicyclic amines) is 1. The zero-order valence-corrected chi connectivity index (χ0v) is 14.1. The molecule has 2 saturated heterocycles. The van der Waals surface area contributed by atoms with Gasteiger partial charge in [-0.15, -0.1) is 0 Å². The van der Waals surface area contributed by atoms with Crippen molar-refractivity contribution in [2.75, 3.05) is 39.3 Å². The Bertz CT molecular complexity index is 482. The van der Waals surface area contributed by atoms with Gasteiger partial charge in [0.1, 0.15) is 6.04 Å². The fourth-order valence-electron chi connectivity index (χ4n) is 3.26. The molecule has 2 aliphatic heterocycles. The van der Waals surface area contributed by atoms with Gasteiger partial charge in [-0.2, -0.15) is 0 Å². The van der Waals surface area contributed by atoms with Crippen LogP contribution in [0.1, 0.15) is 26.2 Å². The third-order valence-electron chi connectivity index (χ3n) is 4.68. The summed E-state index contributed by atoms with van der Waals surface area (Å²) in [6.07, 6.45) is 1.86. The van der Waals surface area contributed by atoms with E-state index in [1.807, 2.05) is 0 Å². The minimum Gasteiger partial charge on any atom is -0.464 e. The molecule has 0 aromatic carbocycles. The standard InChI is InChI=1S/C15H25BN4O4/c1-2-24-14(22)12-10-19(16)7-8-20(12)13(21)9-11-3-5-18(6-4-11)15(17)23/h11-12H,2-10H2,1H3,(H2,17,23)/t12-/m1/s1. The molecule has 0 saturated carbocycles. The summed E-state index contributed by atoms with van der Waals surface area (Å²) in [6.45, 7) is 4.38. The molecule has 2 heterocycles. The first-order valence-corrected chi connectivity index (χ1v) is 8.42. The third kappa shape index (κ3) is 4.62. The smallest absolute Gasteiger partial charge is 0.330 e. The molecule has 2 aliphatic rings. The maximum atomic E-state index is 12.7. The number of hydrogen-bond acceptors (Lipinski definition) is 5. The van der Waals surface area contributed by atoms with Crippen LogP contribution in [-0.2, 0) is 14.3 Å². The van der Waals surface area contributed by atoms with Gasteiger partial charge in [-0.3, -0.25) is 4.79 Å². The van der Waals surface area contributed by atoms with Gasteiger partial charge in [-0.05, 0) is 25.7 Å². The molecular weight excluding hydrogens is 311 g/mol. The summed E-state index contributed by atoms with van der Waals surface area (Å²) in [4.78, 5) is 40.6. The number of nitrogens with two attached hydrogens (primary N) is 1.